The molecule has 0 saturated carbocycles. The standard InChI is InChI=1S/C21H22N4O2/c1-5-14-18(27-4)9-7-15(20-22-10-11-23-20)19(14)21-24-16-12-13(26-3)6-8-17(16)25(21)2/h6-12H,5H2,1-4H3,(H,22,23). The van der Waals surface area contributed by atoms with E-state index in [1.807, 2.05) is 43.6 Å². The first kappa shape index (κ1) is 17.1. The summed E-state index contributed by atoms with van der Waals surface area (Å²) in [4.78, 5) is 12.6. The molecule has 0 aliphatic rings. The van der Waals surface area contributed by atoms with Crippen LogP contribution < -0.4 is 9.47 Å². The molecule has 0 bridgehead atoms. The molecule has 2 aromatic carbocycles. The van der Waals surface area contributed by atoms with Crippen LogP contribution >= 0.6 is 0 Å². The second-order valence-corrected chi connectivity index (χ2v) is 6.31. The number of aryl methyl sites for hydroxylation is 1. The van der Waals surface area contributed by atoms with Crippen molar-refractivity contribution in [3.8, 4) is 34.3 Å². The molecular formula is C21H22N4O2. The van der Waals surface area contributed by atoms with Gasteiger partial charge in [-0.3, -0.25) is 0 Å². The number of hydrogen-bond acceptors (Lipinski definition) is 4. The zero-order chi connectivity index (χ0) is 19.0. The van der Waals surface area contributed by atoms with Crippen molar-refractivity contribution in [3.63, 3.8) is 0 Å². The van der Waals surface area contributed by atoms with Crippen molar-refractivity contribution in [1.82, 2.24) is 19.5 Å². The molecule has 0 fully saturated rings. The van der Waals surface area contributed by atoms with Crippen molar-refractivity contribution in [1.29, 1.82) is 0 Å². The topological polar surface area (TPSA) is 65.0 Å². The van der Waals surface area contributed by atoms with E-state index in [1.165, 1.54) is 0 Å². The summed E-state index contributed by atoms with van der Waals surface area (Å²) in [7, 11) is 5.39. The third kappa shape index (κ3) is 2.73. The maximum Gasteiger partial charge on any atom is 0.142 e. The minimum atomic E-state index is 0.791. The number of nitrogens with one attached hydrogen (secondary N) is 1. The minimum absolute atomic E-state index is 0.791. The quantitative estimate of drug-likeness (QED) is 0.578. The highest BCUT2D eigenvalue weighted by atomic mass is 16.5. The van der Waals surface area contributed by atoms with Crippen LogP contribution in [0.4, 0.5) is 0 Å². The van der Waals surface area contributed by atoms with Crippen LogP contribution in [-0.2, 0) is 13.5 Å². The predicted octanol–water partition coefficient (Wildman–Crippen LogP) is 4.21. The molecule has 6 heteroatoms. The number of rotatable bonds is 5. The summed E-state index contributed by atoms with van der Waals surface area (Å²) in [5.74, 6) is 3.33. The Morgan fingerprint density at radius 1 is 1.11 bits per heavy atom. The Balaban J connectivity index is 2.05. The van der Waals surface area contributed by atoms with E-state index >= 15 is 0 Å². The molecule has 0 radical (unpaired) electrons. The summed E-state index contributed by atoms with van der Waals surface area (Å²) in [5.41, 5.74) is 5.08. The normalized spacial score (nSPS) is 11.1. The highest BCUT2D eigenvalue weighted by Gasteiger charge is 2.22. The third-order valence-electron chi connectivity index (χ3n) is 4.91. The largest absolute Gasteiger partial charge is 0.497 e. The molecule has 0 amide bonds. The van der Waals surface area contributed by atoms with E-state index in [1.54, 1.807) is 20.4 Å². The maximum absolute atomic E-state index is 5.63. The van der Waals surface area contributed by atoms with Gasteiger partial charge >= 0.3 is 0 Å². The van der Waals surface area contributed by atoms with Gasteiger partial charge in [0, 0.05) is 42.2 Å². The molecule has 0 saturated heterocycles. The van der Waals surface area contributed by atoms with Crippen molar-refractivity contribution in [3.05, 3.63) is 48.3 Å². The lowest BCUT2D eigenvalue weighted by Crippen LogP contribution is -2.02. The fourth-order valence-electron chi connectivity index (χ4n) is 3.57. The summed E-state index contributed by atoms with van der Waals surface area (Å²) in [6.45, 7) is 2.12. The Kier molecular flexibility index (Phi) is 4.32. The van der Waals surface area contributed by atoms with Crippen molar-refractivity contribution in [2.75, 3.05) is 14.2 Å². The van der Waals surface area contributed by atoms with Crippen molar-refractivity contribution < 1.29 is 9.47 Å². The molecule has 6 nitrogen and oxygen atoms in total. The predicted molar refractivity (Wildman–Crippen MR) is 106 cm³/mol. The number of methoxy groups -OCH3 is 2. The van der Waals surface area contributed by atoms with Gasteiger partial charge in [0.05, 0.1) is 25.3 Å². The number of ether oxygens (including phenoxy) is 2. The Bertz CT molecular complexity index is 1100. The van der Waals surface area contributed by atoms with E-state index in [-0.39, 0.29) is 0 Å². The molecule has 0 aliphatic carbocycles. The zero-order valence-corrected chi connectivity index (χ0v) is 15.9. The van der Waals surface area contributed by atoms with Crippen LogP contribution in [0.1, 0.15) is 12.5 Å². The number of imidazole rings is 2. The van der Waals surface area contributed by atoms with Gasteiger partial charge in [-0.25, -0.2) is 9.97 Å². The van der Waals surface area contributed by atoms with E-state index < -0.39 is 0 Å². The average molecular weight is 362 g/mol. The second-order valence-electron chi connectivity index (χ2n) is 6.31. The molecule has 0 spiro atoms. The van der Waals surface area contributed by atoms with E-state index in [4.69, 9.17) is 14.5 Å². The molecule has 138 valence electrons. The number of benzene rings is 2. The van der Waals surface area contributed by atoms with Crippen molar-refractivity contribution in [2.24, 2.45) is 7.05 Å². The third-order valence-corrected chi connectivity index (χ3v) is 4.91. The summed E-state index contributed by atoms with van der Waals surface area (Å²) in [5, 5.41) is 0. The smallest absolute Gasteiger partial charge is 0.142 e. The Morgan fingerprint density at radius 3 is 2.63 bits per heavy atom. The lowest BCUT2D eigenvalue weighted by atomic mass is 9.96. The lowest BCUT2D eigenvalue weighted by Gasteiger charge is -2.16. The van der Waals surface area contributed by atoms with Gasteiger partial charge in [0.1, 0.15) is 23.1 Å². The van der Waals surface area contributed by atoms with Crippen LogP contribution in [0.25, 0.3) is 33.8 Å². The van der Waals surface area contributed by atoms with Crippen molar-refractivity contribution >= 4 is 11.0 Å². The van der Waals surface area contributed by atoms with Gasteiger partial charge in [-0.15, -0.1) is 0 Å². The number of hydrogen-bond donors (Lipinski definition) is 1. The molecule has 4 rings (SSSR count). The molecule has 2 aromatic heterocycles. The van der Waals surface area contributed by atoms with Gasteiger partial charge in [0.2, 0.25) is 0 Å². The van der Waals surface area contributed by atoms with Gasteiger partial charge in [0.15, 0.2) is 0 Å². The number of nitrogens with zero attached hydrogens (tertiary/aromatic N) is 3. The summed E-state index contributed by atoms with van der Waals surface area (Å²) in [6.07, 6.45) is 4.41. The summed E-state index contributed by atoms with van der Waals surface area (Å²) in [6, 6.07) is 9.96. The molecule has 27 heavy (non-hydrogen) atoms. The van der Waals surface area contributed by atoms with Gasteiger partial charge in [-0.1, -0.05) is 6.92 Å². The van der Waals surface area contributed by atoms with E-state index in [2.05, 4.69) is 21.5 Å². The summed E-state index contributed by atoms with van der Waals surface area (Å²) < 4.78 is 13.1. The van der Waals surface area contributed by atoms with Crippen LogP contribution in [0.5, 0.6) is 11.5 Å². The van der Waals surface area contributed by atoms with Crippen molar-refractivity contribution in [2.45, 2.75) is 13.3 Å². The second kappa shape index (κ2) is 6.79. The van der Waals surface area contributed by atoms with Crippen LogP contribution in [0.2, 0.25) is 0 Å². The molecule has 2 heterocycles. The Morgan fingerprint density at radius 2 is 1.96 bits per heavy atom. The average Bonchev–Trinajstić information content (AvgIpc) is 3.34. The monoisotopic (exact) mass is 362 g/mol. The van der Waals surface area contributed by atoms with E-state index in [0.717, 1.165) is 57.3 Å². The molecule has 4 aromatic rings. The number of fused-ring (bicyclic) bond motifs is 1. The molecule has 0 aliphatic heterocycles. The lowest BCUT2D eigenvalue weighted by molar-refractivity contribution is 0.410. The van der Waals surface area contributed by atoms with Gasteiger partial charge < -0.3 is 19.0 Å². The molecule has 0 atom stereocenters. The Labute approximate surface area is 157 Å². The van der Waals surface area contributed by atoms with Gasteiger partial charge in [-0.05, 0) is 30.7 Å². The van der Waals surface area contributed by atoms with Crippen LogP contribution in [0.3, 0.4) is 0 Å². The molecule has 0 unspecified atom stereocenters. The Hall–Kier alpha value is -3.28. The fraction of sp³-hybridized carbons (Fsp3) is 0.238. The highest BCUT2D eigenvalue weighted by molar-refractivity contribution is 5.88. The first-order chi connectivity index (χ1) is 13.2. The van der Waals surface area contributed by atoms with Crippen LogP contribution in [-0.4, -0.2) is 33.7 Å². The first-order valence-corrected chi connectivity index (χ1v) is 8.88. The highest BCUT2D eigenvalue weighted by Crippen LogP contribution is 2.39. The number of aromatic amines is 1. The fourth-order valence-corrected chi connectivity index (χ4v) is 3.57. The van der Waals surface area contributed by atoms with E-state index in [0.29, 0.717) is 0 Å². The van der Waals surface area contributed by atoms with E-state index in [9.17, 15) is 0 Å². The first-order valence-electron chi connectivity index (χ1n) is 8.88. The SMILES string of the molecule is CCc1c(OC)ccc(-c2ncc[nH]2)c1-c1nc2cc(OC)ccc2n1C. The van der Waals surface area contributed by atoms with Gasteiger partial charge in [0.25, 0.3) is 0 Å². The zero-order valence-electron chi connectivity index (χ0n) is 15.9. The maximum atomic E-state index is 5.63. The summed E-state index contributed by atoms with van der Waals surface area (Å²) >= 11 is 0. The minimum Gasteiger partial charge on any atom is -0.497 e. The van der Waals surface area contributed by atoms with Crippen LogP contribution in [0.15, 0.2) is 42.7 Å². The van der Waals surface area contributed by atoms with Gasteiger partial charge in [-0.2, -0.15) is 0 Å². The number of H-pyrrole nitrogens is 1. The molecular weight excluding hydrogens is 340 g/mol. The number of aromatic nitrogens is 4. The van der Waals surface area contributed by atoms with Crippen LogP contribution in [0, 0.1) is 0 Å². The molecule has 1 N–H and O–H groups in total.